The maximum atomic E-state index is 12.7. The SMILES string of the molecule is CCN(Cc1ccccc1)C(=O)CSc1nnc(-c2ccc(OC)cc2)n1CC. The van der Waals surface area contributed by atoms with Gasteiger partial charge >= 0.3 is 0 Å². The lowest BCUT2D eigenvalue weighted by molar-refractivity contribution is -0.128. The molecule has 6 nitrogen and oxygen atoms in total. The van der Waals surface area contributed by atoms with Crippen LogP contribution in [0.15, 0.2) is 59.8 Å². The fourth-order valence-corrected chi connectivity index (χ4v) is 3.94. The summed E-state index contributed by atoms with van der Waals surface area (Å²) in [6.07, 6.45) is 0. The van der Waals surface area contributed by atoms with E-state index in [9.17, 15) is 4.79 Å². The molecule has 2 aromatic carbocycles. The number of carbonyl (C=O) groups excluding carboxylic acids is 1. The van der Waals surface area contributed by atoms with E-state index in [0.717, 1.165) is 34.4 Å². The minimum atomic E-state index is 0.0954. The second kappa shape index (κ2) is 10.1. The number of ether oxygens (including phenoxy) is 1. The van der Waals surface area contributed by atoms with Gasteiger partial charge < -0.3 is 14.2 Å². The average Bonchev–Trinajstić information content (AvgIpc) is 3.19. The Balaban J connectivity index is 1.68. The van der Waals surface area contributed by atoms with E-state index in [2.05, 4.69) is 17.1 Å². The molecule has 0 aliphatic heterocycles. The number of rotatable bonds is 9. The maximum absolute atomic E-state index is 12.7. The van der Waals surface area contributed by atoms with Crippen LogP contribution in [0.5, 0.6) is 5.75 Å². The molecule has 0 unspecified atom stereocenters. The predicted molar refractivity (Wildman–Crippen MR) is 116 cm³/mol. The molecule has 0 atom stereocenters. The molecule has 0 bridgehead atoms. The van der Waals surface area contributed by atoms with Gasteiger partial charge in [-0.3, -0.25) is 4.79 Å². The summed E-state index contributed by atoms with van der Waals surface area (Å²) in [4.78, 5) is 14.6. The first-order chi connectivity index (χ1) is 14.2. The fourth-order valence-electron chi connectivity index (χ4n) is 3.03. The summed E-state index contributed by atoms with van der Waals surface area (Å²) in [5.74, 6) is 2.02. The zero-order valence-corrected chi connectivity index (χ0v) is 17.9. The summed E-state index contributed by atoms with van der Waals surface area (Å²) in [5, 5.41) is 9.42. The Kier molecular flexibility index (Phi) is 7.30. The number of carbonyl (C=O) groups is 1. The number of hydrogen-bond acceptors (Lipinski definition) is 5. The molecule has 1 aromatic heterocycles. The van der Waals surface area contributed by atoms with Crippen molar-refractivity contribution < 1.29 is 9.53 Å². The largest absolute Gasteiger partial charge is 0.497 e. The van der Waals surface area contributed by atoms with Gasteiger partial charge in [0.25, 0.3) is 0 Å². The van der Waals surface area contributed by atoms with Crippen molar-refractivity contribution in [3.63, 3.8) is 0 Å². The number of nitrogens with zero attached hydrogens (tertiary/aromatic N) is 4. The Morgan fingerprint density at radius 3 is 2.41 bits per heavy atom. The highest BCUT2D eigenvalue weighted by molar-refractivity contribution is 7.99. The van der Waals surface area contributed by atoms with Gasteiger partial charge in [-0.05, 0) is 43.7 Å². The van der Waals surface area contributed by atoms with E-state index >= 15 is 0 Å². The predicted octanol–water partition coefficient (Wildman–Crippen LogP) is 4.11. The Bertz CT molecular complexity index is 926. The van der Waals surface area contributed by atoms with Gasteiger partial charge in [0.2, 0.25) is 5.91 Å². The molecule has 3 rings (SSSR count). The number of benzene rings is 2. The van der Waals surface area contributed by atoms with Gasteiger partial charge in [-0.15, -0.1) is 10.2 Å². The summed E-state index contributed by atoms with van der Waals surface area (Å²) in [7, 11) is 1.65. The van der Waals surface area contributed by atoms with Crippen LogP contribution in [0.3, 0.4) is 0 Å². The van der Waals surface area contributed by atoms with Gasteiger partial charge in [0, 0.05) is 25.2 Å². The summed E-state index contributed by atoms with van der Waals surface area (Å²) in [6.45, 7) is 6.07. The van der Waals surface area contributed by atoms with Crippen molar-refractivity contribution in [2.24, 2.45) is 0 Å². The summed E-state index contributed by atoms with van der Waals surface area (Å²) in [6, 6.07) is 17.8. The van der Waals surface area contributed by atoms with Crippen molar-refractivity contribution in [3.8, 4) is 17.1 Å². The van der Waals surface area contributed by atoms with Crippen molar-refractivity contribution in [2.45, 2.75) is 32.1 Å². The lowest BCUT2D eigenvalue weighted by atomic mass is 10.2. The number of thioether (sulfide) groups is 1. The fraction of sp³-hybridized carbons (Fsp3) is 0.318. The highest BCUT2D eigenvalue weighted by Gasteiger charge is 2.17. The maximum Gasteiger partial charge on any atom is 0.233 e. The van der Waals surface area contributed by atoms with Gasteiger partial charge in [-0.25, -0.2) is 0 Å². The topological polar surface area (TPSA) is 60.3 Å². The standard InChI is InChI=1S/C22H26N4O2S/c1-4-25(15-17-9-7-6-8-10-17)20(27)16-29-22-24-23-21(26(22)5-2)18-11-13-19(28-3)14-12-18/h6-14H,4-5,15-16H2,1-3H3. The lowest BCUT2D eigenvalue weighted by Gasteiger charge is -2.20. The Morgan fingerprint density at radius 2 is 1.79 bits per heavy atom. The highest BCUT2D eigenvalue weighted by atomic mass is 32.2. The second-order valence-electron chi connectivity index (χ2n) is 6.46. The third-order valence-electron chi connectivity index (χ3n) is 4.66. The van der Waals surface area contributed by atoms with Crippen molar-refractivity contribution in [3.05, 3.63) is 60.2 Å². The summed E-state index contributed by atoms with van der Waals surface area (Å²) in [5.41, 5.74) is 2.10. The number of hydrogen-bond donors (Lipinski definition) is 0. The molecule has 0 saturated carbocycles. The molecule has 0 aliphatic carbocycles. The Labute approximate surface area is 175 Å². The zero-order valence-electron chi connectivity index (χ0n) is 17.0. The van der Waals surface area contributed by atoms with Crippen LogP contribution < -0.4 is 4.74 Å². The van der Waals surface area contributed by atoms with E-state index in [1.54, 1.807) is 7.11 Å². The highest BCUT2D eigenvalue weighted by Crippen LogP contribution is 2.25. The summed E-state index contributed by atoms with van der Waals surface area (Å²) < 4.78 is 7.25. The van der Waals surface area contributed by atoms with Crippen LogP contribution >= 0.6 is 11.8 Å². The van der Waals surface area contributed by atoms with Crippen molar-refractivity contribution >= 4 is 17.7 Å². The Hall–Kier alpha value is -2.80. The molecule has 1 heterocycles. The average molecular weight is 411 g/mol. The second-order valence-corrected chi connectivity index (χ2v) is 7.40. The van der Waals surface area contributed by atoms with E-state index in [0.29, 0.717) is 18.8 Å². The van der Waals surface area contributed by atoms with Gasteiger partial charge in [-0.2, -0.15) is 0 Å². The van der Waals surface area contributed by atoms with Crippen LogP contribution in [0.2, 0.25) is 0 Å². The molecule has 0 N–H and O–H groups in total. The third-order valence-corrected chi connectivity index (χ3v) is 5.61. The van der Waals surface area contributed by atoms with Gasteiger partial charge in [-0.1, -0.05) is 42.1 Å². The monoisotopic (exact) mass is 410 g/mol. The first kappa shape index (κ1) is 20.9. The number of aromatic nitrogens is 3. The van der Waals surface area contributed by atoms with Crippen LogP contribution in [0.1, 0.15) is 19.4 Å². The van der Waals surface area contributed by atoms with E-state index in [-0.39, 0.29) is 5.91 Å². The van der Waals surface area contributed by atoms with Crippen molar-refractivity contribution in [1.29, 1.82) is 0 Å². The van der Waals surface area contributed by atoms with Gasteiger partial charge in [0.15, 0.2) is 11.0 Å². The number of methoxy groups -OCH3 is 1. The molecule has 0 saturated heterocycles. The molecule has 1 amide bonds. The van der Waals surface area contributed by atoms with Crippen LogP contribution in [-0.2, 0) is 17.9 Å². The minimum absolute atomic E-state index is 0.0954. The van der Waals surface area contributed by atoms with Gasteiger partial charge in [0.05, 0.1) is 12.9 Å². The quantitative estimate of drug-likeness (QED) is 0.497. The van der Waals surface area contributed by atoms with Crippen molar-refractivity contribution in [2.75, 3.05) is 19.4 Å². The molecule has 0 fully saturated rings. The van der Waals surface area contributed by atoms with Crippen LogP contribution in [0.4, 0.5) is 0 Å². The van der Waals surface area contributed by atoms with Crippen LogP contribution in [-0.4, -0.2) is 45.0 Å². The molecule has 152 valence electrons. The molecular weight excluding hydrogens is 384 g/mol. The van der Waals surface area contributed by atoms with E-state index in [1.165, 1.54) is 11.8 Å². The van der Waals surface area contributed by atoms with E-state index in [1.807, 2.05) is 71.0 Å². The van der Waals surface area contributed by atoms with Crippen molar-refractivity contribution in [1.82, 2.24) is 19.7 Å². The molecule has 7 heteroatoms. The Morgan fingerprint density at radius 1 is 1.07 bits per heavy atom. The molecular formula is C22H26N4O2S. The molecule has 29 heavy (non-hydrogen) atoms. The smallest absolute Gasteiger partial charge is 0.233 e. The van der Waals surface area contributed by atoms with E-state index in [4.69, 9.17) is 4.74 Å². The van der Waals surface area contributed by atoms with Crippen LogP contribution in [0.25, 0.3) is 11.4 Å². The molecule has 0 spiro atoms. The normalized spacial score (nSPS) is 10.7. The van der Waals surface area contributed by atoms with E-state index < -0.39 is 0 Å². The molecule has 3 aromatic rings. The number of amides is 1. The van der Waals surface area contributed by atoms with Crippen LogP contribution in [0, 0.1) is 0 Å². The lowest BCUT2D eigenvalue weighted by Crippen LogP contribution is -2.31. The van der Waals surface area contributed by atoms with Gasteiger partial charge in [0.1, 0.15) is 5.75 Å². The first-order valence-corrected chi connectivity index (χ1v) is 10.7. The molecule has 0 aliphatic rings. The third kappa shape index (κ3) is 5.17. The summed E-state index contributed by atoms with van der Waals surface area (Å²) >= 11 is 1.43. The first-order valence-electron chi connectivity index (χ1n) is 9.68. The minimum Gasteiger partial charge on any atom is -0.497 e. The zero-order chi connectivity index (χ0) is 20.6. The molecule has 0 radical (unpaired) electrons.